The van der Waals surface area contributed by atoms with E-state index in [4.69, 9.17) is 16.3 Å². The highest BCUT2D eigenvalue weighted by Crippen LogP contribution is 2.31. The average molecular weight is 383 g/mol. The third-order valence-electron chi connectivity index (χ3n) is 4.70. The Morgan fingerprint density at radius 2 is 2.11 bits per heavy atom. The third kappa shape index (κ3) is 3.64. The molecule has 0 radical (unpaired) electrons. The number of nitrogens with one attached hydrogen (secondary N) is 1. The van der Waals surface area contributed by atoms with Gasteiger partial charge in [0.25, 0.3) is 5.56 Å². The summed E-state index contributed by atoms with van der Waals surface area (Å²) in [7, 11) is 1.46. The Bertz CT molecular complexity index is 1100. The predicted octanol–water partition coefficient (Wildman–Crippen LogP) is 3.57. The predicted molar refractivity (Wildman–Crippen MR) is 104 cm³/mol. The fourth-order valence-electron chi connectivity index (χ4n) is 3.03. The molecular weight excluding hydrogens is 364 g/mol. The molecule has 1 N–H and O–H groups in total. The number of fused-ring (bicyclic) bond motifs is 1. The van der Waals surface area contributed by atoms with E-state index in [0.29, 0.717) is 23.9 Å². The van der Waals surface area contributed by atoms with Gasteiger partial charge in [0.1, 0.15) is 5.15 Å². The molecule has 1 aromatic carbocycles. The summed E-state index contributed by atoms with van der Waals surface area (Å²) in [6, 6.07) is 10.1. The Morgan fingerprint density at radius 1 is 1.33 bits per heavy atom. The van der Waals surface area contributed by atoms with Crippen molar-refractivity contribution in [2.45, 2.75) is 32.1 Å². The minimum absolute atomic E-state index is 0.104. The highest BCUT2D eigenvalue weighted by Gasteiger charge is 2.29. The first-order valence-corrected chi connectivity index (χ1v) is 8.91. The molecule has 0 fully saturated rings. The van der Waals surface area contributed by atoms with Gasteiger partial charge < -0.3 is 9.72 Å². The number of ether oxygens (including phenoxy) is 1. The largest absolute Gasteiger partial charge is 0.467 e. The second-order valence-electron chi connectivity index (χ2n) is 6.57. The van der Waals surface area contributed by atoms with Gasteiger partial charge in [-0.1, -0.05) is 30.7 Å². The fourth-order valence-corrected chi connectivity index (χ4v) is 3.22. The molecule has 0 spiro atoms. The summed E-state index contributed by atoms with van der Waals surface area (Å²) < 4.78 is 4.96. The molecule has 0 amide bonds. The van der Waals surface area contributed by atoms with Crippen LogP contribution in [0.3, 0.4) is 0 Å². The van der Waals surface area contributed by atoms with E-state index in [1.54, 1.807) is 6.20 Å². The number of H-pyrrole nitrogens is 1. The number of aromatic nitrogens is 3. The van der Waals surface area contributed by atoms with Crippen LogP contribution >= 0.6 is 11.6 Å². The Balaban J connectivity index is 2.03. The quantitative estimate of drug-likeness (QED) is 0.681. The van der Waals surface area contributed by atoms with E-state index in [1.807, 2.05) is 38.1 Å². The lowest BCUT2D eigenvalue weighted by molar-refractivity contribution is 0.379. The van der Waals surface area contributed by atoms with Gasteiger partial charge >= 0.3 is 6.01 Å². The van der Waals surface area contributed by atoms with Gasteiger partial charge in [0, 0.05) is 22.8 Å². The normalized spacial score (nSPS) is 13.1. The molecule has 3 rings (SSSR count). The lowest BCUT2D eigenvalue weighted by Crippen LogP contribution is -2.23. The molecular formula is C20H19ClN4O2. The van der Waals surface area contributed by atoms with Gasteiger partial charge in [-0.15, -0.1) is 0 Å². The minimum Gasteiger partial charge on any atom is -0.467 e. The number of nitrogens with zero attached hydrogens (tertiary/aromatic N) is 3. The number of aryl methyl sites for hydroxylation is 1. The van der Waals surface area contributed by atoms with Crippen molar-refractivity contribution in [2.24, 2.45) is 0 Å². The van der Waals surface area contributed by atoms with Crippen molar-refractivity contribution >= 4 is 22.5 Å². The van der Waals surface area contributed by atoms with E-state index in [1.165, 1.54) is 7.11 Å². The number of halogens is 1. The molecule has 0 aliphatic rings. The van der Waals surface area contributed by atoms with Gasteiger partial charge in [0.2, 0.25) is 0 Å². The highest BCUT2D eigenvalue weighted by atomic mass is 35.5. The molecule has 2 heterocycles. The first-order chi connectivity index (χ1) is 12.9. The second kappa shape index (κ2) is 7.37. The fraction of sp³-hybridized carbons (Fsp3) is 0.300. The smallest absolute Gasteiger partial charge is 0.317 e. The summed E-state index contributed by atoms with van der Waals surface area (Å²) in [5.41, 5.74) is 1.90. The maximum atomic E-state index is 12.1. The van der Waals surface area contributed by atoms with Gasteiger partial charge in [0.15, 0.2) is 0 Å². The molecule has 7 heteroatoms. The SMILES string of the molecule is CCc1cc2ccc(C(C)(C#N)Cc3cnc(OC)nc3Cl)cc2[nH]c1=O. The molecule has 138 valence electrons. The van der Waals surface area contributed by atoms with E-state index in [2.05, 4.69) is 21.0 Å². The molecule has 0 bridgehead atoms. The zero-order chi connectivity index (χ0) is 19.6. The summed E-state index contributed by atoms with van der Waals surface area (Å²) in [6.07, 6.45) is 2.56. The summed E-state index contributed by atoms with van der Waals surface area (Å²) in [5.74, 6) is 0. The topological polar surface area (TPSA) is 91.7 Å². The average Bonchev–Trinajstić information content (AvgIpc) is 2.68. The van der Waals surface area contributed by atoms with Crippen LogP contribution in [0.5, 0.6) is 6.01 Å². The van der Waals surface area contributed by atoms with Crippen molar-refractivity contribution in [2.75, 3.05) is 7.11 Å². The molecule has 2 aromatic heterocycles. The third-order valence-corrected chi connectivity index (χ3v) is 5.03. The Hall–Kier alpha value is -2.91. The number of benzene rings is 1. The van der Waals surface area contributed by atoms with Crippen molar-refractivity contribution in [3.63, 3.8) is 0 Å². The monoisotopic (exact) mass is 382 g/mol. The number of rotatable bonds is 5. The molecule has 27 heavy (non-hydrogen) atoms. The van der Waals surface area contributed by atoms with Crippen LogP contribution in [0.4, 0.5) is 0 Å². The molecule has 6 nitrogen and oxygen atoms in total. The van der Waals surface area contributed by atoms with Crippen LogP contribution in [0, 0.1) is 11.3 Å². The zero-order valence-electron chi connectivity index (χ0n) is 15.3. The van der Waals surface area contributed by atoms with Gasteiger partial charge in [-0.3, -0.25) is 4.79 Å². The van der Waals surface area contributed by atoms with Crippen LogP contribution < -0.4 is 10.3 Å². The number of methoxy groups -OCH3 is 1. The Labute approximate surface area is 161 Å². The lowest BCUT2D eigenvalue weighted by Gasteiger charge is -2.23. The van der Waals surface area contributed by atoms with Crippen LogP contribution in [0.2, 0.25) is 5.15 Å². The zero-order valence-corrected chi connectivity index (χ0v) is 16.1. The van der Waals surface area contributed by atoms with Gasteiger partial charge in [0.05, 0.1) is 18.6 Å². The van der Waals surface area contributed by atoms with E-state index in [9.17, 15) is 10.1 Å². The minimum atomic E-state index is -0.865. The van der Waals surface area contributed by atoms with Crippen molar-refractivity contribution in [1.82, 2.24) is 15.0 Å². The Kier molecular flexibility index (Phi) is 5.15. The molecule has 1 atom stereocenters. The maximum Gasteiger partial charge on any atom is 0.317 e. The standard InChI is InChI=1S/C20H19ClN4O2/c1-4-12-7-13-5-6-15(8-16(13)24-18(12)26)20(2,11-22)9-14-10-23-19(27-3)25-17(14)21/h5-8,10H,4,9H2,1-3H3,(H,24,26). The van der Waals surface area contributed by atoms with Crippen molar-refractivity contribution in [3.8, 4) is 12.1 Å². The molecule has 1 unspecified atom stereocenters. The summed E-state index contributed by atoms with van der Waals surface area (Å²) in [4.78, 5) is 23.2. The molecule has 0 aliphatic heterocycles. The van der Waals surface area contributed by atoms with Crippen LogP contribution in [-0.4, -0.2) is 22.1 Å². The number of hydrogen-bond donors (Lipinski definition) is 1. The van der Waals surface area contributed by atoms with E-state index >= 15 is 0 Å². The van der Waals surface area contributed by atoms with E-state index < -0.39 is 5.41 Å². The molecule has 0 aliphatic carbocycles. The maximum absolute atomic E-state index is 12.1. The first-order valence-electron chi connectivity index (χ1n) is 8.53. The number of nitriles is 1. The van der Waals surface area contributed by atoms with Crippen molar-refractivity contribution < 1.29 is 4.74 Å². The van der Waals surface area contributed by atoms with E-state index in [0.717, 1.165) is 16.5 Å². The summed E-state index contributed by atoms with van der Waals surface area (Å²) in [5, 5.41) is 11.1. The lowest BCUT2D eigenvalue weighted by atomic mass is 9.79. The van der Waals surface area contributed by atoms with Crippen LogP contribution in [0.1, 0.15) is 30.5 Å². The molecule has 3 aromatic rings. The van der Waals surface area contributed by atoms with Crippen LogP contribution in [-0.2, 0) is 18.3 Å². The van der Waals surface area contributed by atoms with Crippen LogP contribution in [0.15, 0.2) is 35.3 Å². The molecule has 0 saturated heterocycles. The first kappa shape index (κ1) is 18.9. The van der Waals surface area contributed by atoms with E-state index in [-0.39, 0.29) is 16.7 Å². The van der Waals surface area contributed by atoms with Gasteiger partial charge in [-0.05, 0) is 42.8 Å². The molecule has 0 saturated carbocycles. The van der Waals surface area contributed by atoms with Crippen molar-refractivity contribution in [1.29, 1.82) is 5.26 Å². The number of hydrogen-bond acceptors (Lipinski definition) is 5. The van der Waals surface area contributed by atoms with Gasteiger partial charge in [-0.25, -0.2) is 4.98 Å². The number of pyridine rings is 1. The van der Waals surface area contributed by atoms with Crippen LogP contribution in [0.25, 0.3) is 10.9 Å². The highest BCUT2D eigenvalue weighted by molar-refractivity contribution is 6.30. The van der Waals surface area contributed by atoms with Crippen molar-refractivity contribution in [3.05, 3.63) is 62.7 Å². The summed E-state index contributed by atoms with van der Waals surface area (Å²) >= 11 is 6.22. The summed E-state index contributed by atoms with van der Waals surface area (Å²) in [6.45, 7) is 3.77. The Morgan fingerprint density at radius 3 is 2.74 bits per heavy atom. The number of aromatic amines is 1. The second-order valence-corrected chi connectivity index (χ2v) is 6.93. The van der Waals surface area contributed by atoms with Gasteiger partial charge in [-0.2, -0.15) is 10.2 Å².